The molecule has 0 radical (unpaired) electrons. The summed E-state index contributed by atoms with van der Waals surface area (Å²) < 4.78 is 83.6. The number of alkyl halides is 5. The zero-order valence-corrected chi connectivity index (χ0v) is 19.5. The van der Waals surface area contributed by atoms with Crippen molar-refractivity contribution in [1.82, 2.24) is 0 Å². The Morgan fingerprint density at radius 1 is 1.10 bits per heavy atom. The van der Waals surface area contributed by atoms with Crippen molar-refractivity contribution in [1.29, 1.82) is 0 Å². The molecule has 2 aromatic rings. The van der Waals surface area contributed by atoms with Gasteiger partial charge in [-0.2, -0.15) is 22.0 Å². The number of rotatable bonds is 11. The number of benzene rings is 1. The average molecular weight is 539 g/mol. The molecule has 0 amide bonds. The van der Waals surface area contributed by atoms with Gasteiger partial charge in [0.15, 0.2) is 0 Å². The minimum Gasteiger partial charge on any atom is -0.492 e. The van der Waals surface area contributed by atoms with Crippen molar-refractivity contribution in [3.63, 3.8) is 0 Å². The van der Waals surface area contributed by atoms with E-state index >= 15 is 8.78 Å². The molecule has 0 fully saturated rings. The van der Waals surface area contributed by atoms with Gasteiger partial charge in [0.05, 0.1) is 36.0 Å². The number of ether oxygens (including phenoxy) is 1. The first-order valence-electron chi connectivity index (χ1n) is 9.04. The van der Waals surface area contributed by atoms with Crippen molar-refractivity contribution in [2.75, 3.05) is 19.8 Å². The Morgan fingerprint density at radius 2 is 1.73 bits per heavy atom. The van der Waals surface area contributed by atoms with Crippen molar-refractivity contribution in [2.45, 2.75) is 45.1 Å². The number of thiophene rings is 1. The number of hydrogen-bond acceptors (Lipinski definition) is 5. The lowest BCUT2D eigenvalue weighted by atomic mass is 10.1. The Bertz CT molecular complexity index is 840. The van der Waals surface area contributed by atoms with Gasteiger partial charge < -0.3 is 18.9 Å². The number of halogens is 6. The molecule has 0 aliphatic heterocycles. The minimum atomic E-state index is -4.30. The third-order valence-corrected chi connectivity index (χ3v) is 7.99. The molecule has 0 bridgehead atoms. The molecule has 2 rings (SSSR count). The van der Waals surface area contributed by atoms with Gasteiger partial charge in [0.1, 0.15) is 5.75 Å². The fourth-order valence-corrected chi connectivity index (χ4v) is 6.17. The van der Waals surface area contributed by atoms with E-state index in [1.165, 1.54) is 12.1 Å². The lowest BCUT2D eigenvalue weighted by molar-refractivity contribution is -0.136. The van der Waals surface area contributed by atoms with Crippen LogP contribution < -0.4 is 4.74 Å². The number of aliphatic hydroxyl groups is 1. The van der Waals surface area contributed by atoms with Crippen molar-refractivity contribution < 1.29 is 40.8 Å². The molecule has 30 heavy (non-hydrogen) atoms. The first kappa shape index (κ1) is 25.7. The van der Waals surface area contributed by atoms with Crippen LogP contribution in [0.1, 0.15) is 37.1 Å². The van der Waals surface area contributed by atoms with Gasteiger partial charge in [-0.3, -0.25) is 0 Å². The molecule has 0 spiro atoms. The van der Waals surface area contributed by atoms with E-state index in [0.29, 0.717) is 15.6 Å². The van der Waals surface area contributed by atoms with Crippen molar-refractivity contribution >= 4 is 45.7 Å². The predicted octanol–water partition coefficient (Wildman–Crippen LogP) is 7.31. The molecule has 0 unspecified atom stereocenters. The lowest BCUT2D eigenvalue weighted by Gasteiger charge is -2.24. The van der Waals surface area contributed by atoms with Crippen LogP contribution in [0.15, 0.2) is 16.6 Å². The number of fused-ring (bicyclic) bond motifs is 1. The summed E-state index contributed by atoms with van der Waals surface area (Å²) in [5.74, 6) is 0.142. The molecule has 12 heteroatoms. The summed E-state index contributed by atoms with van der Waals surface area (Å²) in [6.45, 7) is 2.65. The fourth-order valence-electron chi connectivity index (χ4n) is 2.56. The Morgan fingerprint density at radius 3 is 2.27 bits per heavy atom. The standard InChI is InChI=1S/C18H21BrF5O4PS/c1-3-27-29(28-4-2)18(23,24)16-14(19)12-8-11(10-25)9-13(15(12)30-16)26-7-5-6-17(20,21)22/h8-9,25H,3-7,10H2,1-2H3. The summed E-state index contributed by atoms with van der Waals surface area (Å²) in [6.07, 6.45) is -5.59. The molecule has 1 N–H and O–H groups in total. The van der Waals surface area contributed by atoms with E-state index in [0.717, 1.165) is 11.3 Å². The Kier molecular flexibility index (Phi) is 9.27. The topological polar surface area (TPSA) is 47.9 Å². The molecule has 0 saturated carbocycles. The van der Waals surface area contributed by atoms with Gasteiger partial charge in [-0.05, 0) is 53.9 Å². The molecule has 0 aliphatic rings. The highest BCUT2D eigenvalue weighted by molar-refractivity contribution is 9.10. The van der Waals surface area contributed by atoms with Crippen LogP contribution in [0.5, 0.6) is 5.75 Å². The molecule has 0 saturated heterocycles. The van der Waals surface area contributed by atoms with Gasteiger partial charge in [-0.15, -0.1) is 11.3 Å². The number of hydrogen-bond donors (Lipinski definition) is 1. The van der Waals surface area contributed by atoms with Crippen LogP contribution in [0.2, 0.25) is 0 Å². The van der Waals surface area contributed by atoms with Gasteiger partial charge >= 0.3 is 11.8 Å². The highest BCUT2D eigenvalue weighted by Crippen LogP contribution is 2.63. The van der Waals surface area contributed by atoms with Gasteiger partial charge in [0.2, 0.25) is 0 Å². The van der Waals surface area contributed by atoms with Gasteiger partial charge in [0.25, 0.3) is 8.38 Å². The van der Waals surface area contributed by atoms with Crippen LogP contribution in [-0.4, -0.2) is 31.1 Å². The summed E-state index contributed by atoms with van der Waals surface area (Å²) in [5.41, 5.74) is -3.05. The van der Waals surface area contributed by atoms with Crippen LogP contribution in [0.25, 0.3) is 10.1 Å². The van der Waals surface area contributed by atoms with E-state index in [-0.39, 0.29) is 47.9 Å². The second kappa shape index (κ2) is 10.8. The molecule has 1 heterocycles. The molecule has 0 atom stereocenters. The maximum absolute atomic E-state index is 15.2. The van der Waals surface area contributed by atoms with E-state index in [9.17, 15) is 18.3 Å². The lowest BCUT2D eigenvalue weighted by Crippen LogP contribution is -2.13. The zero-order chi connectivity index (χ0) is 22.5. The van der Waals surface area contributed by atoms with E-state index in [1.54, 1.807) is 13.8 Å². The van der Waals surface area contributed by atoms with Crippen molar-refractivity contribution in [2.24, 2.45) is 0 Å². The highest BCUT2D eigenvalue weighted by atomic mass is 79.9. The van der Waals surface area contributed by atoms with Crippen LogP contribution >= 0.6 is 35.6 Å². The van der Waals surface area contributed by atoms with E-state index in [1.807, 2.05) is 0 Å². The molecular weight excluding hydrogens is 518 g/mol. The quantitative estimate of drug-likeness (QED) is 0.185. The maximum Gasteiger partial charge on any atom is 0.389 e. The Balaban J connectivity index is 2.43. The molecule has 1 aromatic heterocycles. The monoisotopic (exact) mass is 538 g/mol. The Labute approximate surface area is 184 Å². The van der Waals surface area contributed by atoms with Gasteiger partial charge in [-0.25, -0.2) is 0 Å². The van der Waals surface area contributed by atoms with E-state index in [4.69, 9.17) is 13.8 Å². The number of aliphatic hydroxyl groups excluding tert-OH is 1. The maximum atomic E-state index is 15.2. The van der Waals surface area contributed by atoms with Crippen LogP contribution in [0, 0.1) is 0 Å². The summed E-state index contributed by atoms with van der Waals surface area (Å²) >= 11 is 3.96. The van der Waals surface area contributed by atoms with Crippen molar-refractivity contribution in [3.8, 4) is 5.75 Å². The van der Waals surface area contributed by atoms with E-state index < -0.39 is 26.6 Å². The third kappa shape index (κ3) is 6.23. The minimum absolute atomic E-state index is 0.0477. The summed E-state index contributed by atoms with van der Waals surface area (Å²) in [7, 11) is -2.55. The smallest absolute Gasteiger partial charge is 0.389 e. The SMILES string of the molecule is CCOP(OCC)C(F)(F)c1sc2c(OCCCC(F)(F)F)cc(CO)cc2c1Br. The van der Waals surface area contributed by atoms with Crippen LogP contribution in [-0.2, 0) is 21.3 Å². The molecule has 1 aromatic carbocycles. The molecule has 4 nitrogen and oxygen atoms in total. The second-order valence-electron chi connectivity index (χ2n) is 6.08. The van der Waals surface area contributed by atoms with E-state index in [2.05, 4.69) is 15.9 Å². The predicted molar refractivity (Wildman–Crippen MR) is 110 cm³/mol. The fraction of sp³-hybridized carbons (Fsp3) is 0.556. The van der Waals surface area contributed by atoms with Crippen LogP contribution in [0.3, 0.4) is 0 Å². The molecule has 170 valence electrons. The Hall–Kier alpha value is -0.580. The highest BCUT2D eigenvalue weighted by Gasteiger charge is 2.48. The molecule has 0 aliphatic carbocycles. The van der Waals surface area contributed by atoms with Crippen LogP contribution in [0.4, 0.5) is 22.0 Å². The van der Waals surface area contributed by atoms with Gasteiger partial charge in [0, 0.05) is 16.3 Å². The molecular formula is C18H21BrF5O4PS. The second-order valence-corrected chi connectivity index (χ2v) is 9.48. The van der Waals surface area contributed by atoms with Gasteiger partial charge in [-0.1, -0.05) is 0 Å². The summed E-state index contributed by atoms with van der Waals surface area (Å²) in [4.78, 5) is -0.333. The largest absolute Gasteiger partial charge is 0.492 e. The normalized spacial score (nSPS) is 12.9. The third-order valence-electron chi connectivity index (χ3n) is 3.79. The van der Waals surface area contributed by atoms with Crippen molar-refractivity contribution in [3.05, 3.63) is 27.0 Å². The zero-order valence-electron chi connectivity index (χ0n) is 16.2. The summed E-state index contributed by atoms with van der Waals surface area (Å²) in [5, 5.41) is 9.85. The first-order valence-corrected chi connectivity index (χ1v) is 11.8. The average Bonchev–Trinajstić information content (AvgIpc) is 3.01. The first-order chi connectivity index (χ1) is 14.0. The summed E-state index contributed by atoms with van der Waals surface area (Å²) in [6, 6.07) is 2.97.